The summed E-state index contributed by atoms with van der Waals surface area (Å²) in [5.74, 6) is 0. The van der Waals surface area contributed by atoms with Gasteiger partial charge in [0.25, 0.3) is 0 Å². The third kappa shape index (κ3) is 3.72. The van der Waals surface area contributed by atoms with Crippen LogP contribution in [-0.4, -0.2) is 36.7 Å². The fourth-order valence-corrected chi connectivity index (χ4v) is 2.79. The number of hydrogen-bond acceptors (Lipinski definition) is 3. The number of rotatable bonds is 4. The molecule has 3 heteroatoms. The first-order valence-corrected chi connectivity index (χ1v) is 7.02. The van der Waals surface area contributed by atoms with Gasteiger partial charge in [-0.25, -0.2) is 0 Å². The molecule has 2 fully saturated rings. The molecule has 0 aromatic rings. The summed E-state index contributed by atoms with van der Waals surface area (Å²) in [5, 5.41) is 0. The second-order valence-corrected chi connectivity index (χ2v) is 5.20. The first-order valence-electron chi connectivity index (χ1n) is 7.02. The molecule has 0 amide bonds. The summed E-state index contributed by atoms with van der Waals surface area (Å²) in [4.78, 5) is 8.34. The molecule has 1 heterocycles. The van der Waals surface area contributed by atoms with Crippen LogP contribution in [0.1, 0.15) is 51.9 Å². The van der Waals surface area contributed by atoms with E-state index < -0.39 is 0 Å². The Kier molecular flexibility index (Phi) is 5.07. The van der Waals surface area contributed by atoms with Crippen molar-refractivity contribution in [2.45, 2.75) is 64.0 Å². The fraction of sp³-hybridized carbons (Fsp3) is 1.00. The molecular formula is C13H26N2O. The number of nitrogens with zero attached hydrogens (tertiary/aromatic N) is 1. The predicted molar refractivity (Wildman–Crippen MR) is 66.2 cm³/mol. The average Bonchev–Trinajstić information content (AvgIpc) is 2.72. The molecule has 0 aromatic carbocycles. The molecule has 1 atom stereocenters. The van der Waals surface area contributed by atoms with Crippen LogP contribution < -0.4 is 5.48 Å². The van der Waals surface area contributed by atoms with Gasteiger partial charge >= 0.3 is 0 Å². The number of hydroxylamine groups is 1. The second-order valence-electron chi connectivity index (χ2n) is 5.20. The van der Waals surface area contributed by atoms with Crippen molar-refractivity contribution in [2.24, 2.45) is 0 Å². The maximum absolute atomic E-state index is 5.80. The molecule has 1 saturated heterocycles. The van der Waals surface area contributed by atoms with Gasteiger partial charge in [-0.1, -0.05) is 19.8 Å². The summed E-state index contributed by atoms with van der Waals surface area (Å²) in [5.41, 5.74) is 3.32. The lowest BCUT2D eigenvalue weighted by atomic mass is 10.1. The maximum atomic E-state index is 5.80. The normalized spacial score (nSPS) is 29.4. The number of nitrogens with one attached hydrogen (secondary N) is 1. The van der Waals surface area contributed by atoms with Gasteiger partial charge in [-0.05, 0) is 51.7 Å². The van der Waals surface area contributed by atoms with E-state index in [1.807, 2.05) is 0 Å². The summed E-state index contributed by atoms with van der Waals surface area (Å²) in [6.45, 7) is 5.93. The number of hydrogen-bond donors (Lipinski definition) is 1. The van der Waals surface area contributed by atoms with Gasteiger partial charge in [-0.15, -0.1) is 0 Å². The Bertz CT molecular complexity index is 192. The molecule has 0 spiro atoms. The predicted octanol–water partition coefficient (Wildman–Crippen LogP) is 2.32. The zero-order valence-corrected chi connectivity index (χ0v) is 10.6. The van der Waals surface area contributed by atoms with E-state index in [-0.39, 0.29) is 0 Å². The summed E-state index contributed by atoms with van der Waals surface area (Å²) < 4.78 is 0. The van der Waals surface area contributed by atoms with Crippen LogP contribution in [0, 0.1) is 0 Å². The Balaban J connectivity index is 1.65. The largest absolute Gasteiger partial charge is 0.304 e. The minimum Gasteiger partial charge on any atom is -0.304 e. The van der Waals surface area contributed by atoms with Crippen LogP contribution in [0.3, 0.4) is 0 Å². The van der Waals surface area contributed by atoms with Crippen molar-refractivity contribution in [2.75, 3.05) is 19.6 Å². The van der Waals surface area contributed by atoms with Crippen molar-refractivity contribution in [1.82, 2.24) is 10.4 Å². The Hall–Kier alpha value is -0.120. The Morgan fingerprint density at radius 3 is 2.62 bits per heavy atom. The summed E-state index contributed by atoms with van der Waals surface area (Å²) in [7, 11) is 0. The molecule has 16 heavy (non-hydrogen) atoms. The van der Waals surface area contributed by atoms with Crippen LogP contribution in [0.25, 0.3) is 0 Å². The topological polar surface area (TPSA) is 24.5 Å². The van der Waals surface area contributed by atoms with Crippen LogP contribution >= 0.6 is 0 Å². The van der Waals surface area contributed by atoms with E-state index in [0.717, 1.165) is 0 Å². The quantitative estimate of drug-likeness (QED) is 0.745. The molecular weight excluding hydrogens is 200 g/mol. The van der Waals surface area contributed by atoms with E-state index in [1.165, 1.54) is 64.6 Å². The maximum Gasteiger partial charge on any atom is 0.0790 e. The third-order valence-corrected chi connectivity index (χ3v) is 3.97. The monoisotopic (exact) mass is 226 g/mol. The summed E-state index contributed by atoms with van der Waals surface area (Å²) in [6.07, 6.45) is 9.50. The average molecular weight is 226 g/mol. The smallest absolute Gasteiger partial charge is 0.0790 e. The van der Waals surface area contributed by atoms with Crippen molar-refractivity contribution in [3.8, 4) is 0 Å². The highest BCUT2D eigenvalue weighted by Gasteiger charge is 2.19. The standard InChI is InChI=1S/C13H26N2O/c1-2-15-10-5-6-12(9-11-15)14-16-13-7-3-4-8-13/h12-14H,2-11H2,1H3. The van der Waals surface area contributed by atoms with E-state index >= 15 is 0 Å². The summed E-state index contributed by atoms with van der Waals surface area (Å²) in [6, 6.07) is 0.581. The molecule has 2 aliphatic rings. The fourth-order valence-electron chi connectivity index (χ4n) is 2.79. The minimum absolute atomic E-state index is 0.491. The molecule has 2 rings (SSSR count). The Morgan fingerprint density at radius 1 is 1.06 bits per heavy atom. The van der Waals surface area contributed by atoms with E-state index in [1.54, 1.807) is 0 Å². The van der Waals surface area contributed by atoms with Gasteiger partial charge in [0, 0.05) is 6.04 Å². The van der Waals surface area contributed by atoms with Gasteiger partial charge in [0.05, 0.1) is 6.10 Å². The molecule has 1 unspecified atom stereocenters. The van der Waals surface area contributed by atoms with E-state index in [0.29, 0.717) is 12.1 Å². The van der Waals surface area contributed by atoms with Crippen LogP contribution in [0.2, 0.25) is 0 Å². The van der Waals surface area contributed by atoms with Gasteiger partial charge in [0.2, 0.25) is 0 Å². The van der Waals surface area contributed by atoms with Crippen molar-refractivity contribution >= 4 is 0 Å². The molecule has 1 N–H and O–H groups in total. The summed E-state index contributed by atoms with van der Waals surface area (Å²) >= 11 is 0. The van der Waals surface area contributed by atoms with Crippen molar-refractivity contribution in [1.29, 1.82) is 0 Å². The van der Waals surface area contributed by atoms with E-state index in [4.69, 9.17) is 4.84 Å². The molecule has 3 nitrogen and oxygen atoms in total. The molecule has 0 bridgehead atoms. The zero-order valence-electron chi connectivity index (χ0n) is 10.6. The lowest BCUT2D eigenvalue weighted by Gasteiger charge is -2.20. The SMILES string of the molecule is CCN1CCCC(NOC2CCCC2)CC1. The lowest BCUT2D eigenvalue weighted by Crippen LogP contribution is -2.33. The van der Waals surface area contributed by atoms with Crippen LogP contribution in [0.5, 0.6) is 0 Å². The molecule has 94 valence electrons. The number of likely N-dealkylation sites (tertiary alicyclic amines) is 1. The van der Waals surface area contributed by atoms with E-state index in [9.17, 15) is 0 Å². The highest BCUT2D eigenvalue weighted by Crippen LogP contribution is 2.20. The highest BCUT2D eigenvalue weighted by molar-refractivity contribution is 4.73. The molecule has 1 aliphatic heterocycles. The van der Waals surface area contributed by atoms with Crippen LogP contribution in [-0.2, 0) is 4.84 Å². The first-order chi connectivity index (χ1) is 7.88. The van der Waals surface area contributed by atoms with Gasteiger partial charge in [-0.2, -0.15) is 5.48 Å². The first kappa shape index (κ1) is 12.3. The van der Waals surface area contributed by atoms with Crippen molar-refractivity contribution < 1.29 is 4.84 Å². The van der Waals surface area contributed by atoms with Crippen LogP contribution in [0.4, 0.5) is 0 Å². The lowest BCUT2D eigenvalue weighted by molar-refractivity contribution is -0.0423. The molecule has 0 radical (unpaired) electrons. The van der Waals surface area contributed by atoms with Gasteiger partial charge in [-0.3, -0.25) is 4.84 Å². The Labute approximate surface area is 99.5 Å². The Morgan fingerprint density at radius 2 is 1.88 bits per heavy atom. The molecule has 0 aromatic heterocycles. The van der Waals surface area contributed by atoms with Gasteiger partial charge < -0.3 is 4.90 Å². The molecule has 1 aliphatic carbocycles. The van der Waals surface area contributed by atoms with Gasteiger partial charge in [0.1, 0.15) is 0 Å². The highest BCUT2D eigenvalue weighted by atomic mass is 16.7. The molecule has 1 saturated carbocycles. The minimum atomic E-state index is 0.491. The zero-order chi connectivity index (χ0) is 11.2. The van der Waals surface area contributed by atoms with Crippen molar-refractivity contribution in [3.05, 3.63) is 0 Å². The second kappa shape index (κ2) is 6.58. The van der Waals surface area contributed by atoms with Gasteiger partial charge in [0.15, 0.2) is 0 Å². The van der Waals surface area contributed by atoms with Crippen molar-refractivity contribution in [3.63, 3.8) is 0 Å². The van der Waals surface area contributed by atoms with E-state index in [2.05, 4.69) is 17.3 Å². The third-order valence-electron chi connectivity index (χ3n) is 3.97. The van der Waals surface area contributed by atoms with Crippen LogP contribution in [0.15, 0.2) is 0 Å².